The molecular formula is C33H33NO3. The van der Waals surface area contributed by atoms with Gasteiger partial charge in [-0.1, -0.05) is 96.2 Å². The second-order valence-corrected chi connectivity index (χ2v) is 9.85. The molecule has 4 nitrogen and oxygen atoms in total. The second kappa shape index (κ2) is 11.0. The molecule has 5 rings (SSSR count). The maximum Gasteiger partial charge on any atom is 0.306 e. The molecule has 0 radical (unpaired) electrons. The van der Waals surface area contributed by atoms with Crippen molar-refractivity contribution in [3.8, 4) is 22.5 Å². The number of benzene rings is 3. The number of carbonyl (C=O) groups excluding carboxylic acids is 1. The van der Waals surface area contributed by atoms with Crippen molar-refractivity contribution >= 4 is 12.0 Å². The first-order chi connectivity index (χ1) is 18.1. The minimum absolute atomic E-state index is 0.0379. The van der Waals surface area contributed by atoms with Gasteiger partial charge < -0.3 is 9.26 Å². The van der Waals surface area contributed by atoms with E-state index in [1.165, 1.54) is 11.1 Å². The average Bonchev–Trinajstić information content (AvgIpc) is 3.62. The first kappa shape index (κ1) is 24.8. The molecule has 1 aromatic heterocycles. The Morgan fingerprint density at radius 1 is 0.946 bits per heavy atom. The van der Waals surface area contributed by atoms with Crippen LogP contribution in [-0.4, -0.2) is 17.7 Å². The number of hydrogen-bond acceptors (Lipinski definition) is 4. The number of rotatable bonds is 10. The average molecular weight is 492 g/mol. The molecule has 0 atom stereocenters. The minimum Gasteiger partial charge on any atom is -0.466 e. The number of esters is 1. The third kappa shape index (κ3) is 5.75. The Bertz CT molecular complexity index is 1360. The van der Waals surface area contributed by atoms with E-state index in [1.54, 1.807) is 0 Å². The summed E-state index contributed by atoms with van der Waals surface area (Å²) in [4.78, 5) is 12.0. The molecule has 0 amide bonds. The Balaban J connectivity index is 1.26. The minimum atomic E-state index is -0.104. The summed E-state index contributed by atoms with van der Waals surface area (Å²) in [6, 6.07) is 27.6. The normalized spacial score (nSPS) is 14.1. The van der Waals surface area contributed by atoms with Crippen molar-refractivity contribution in [2.45, 2.75) is 51.4 Å². The summed E-state index contributed by atoms with van der Waals surface area (Å²) >= 11 is 0. The Labute approximate surface area is 219 Å². The molecule has 1 fully saturated rings. The smallest absolute Gasteiger partial charge is 0.306 e. The zero-order chi connectivity index (χ0) is 25.7. The van der Waals surface area contributed by atoms with Crippen molar-refractivity contribution in [1.82, 2.24) is 5.16 Å². The molecule has 0 spiro atoms. The number of aryl methyl sites for hydroxylation is 2. The Morgan fingerprint density at radius 3 is 2.24 bits per heavy atom. The second-order valence-electron chi connectivity index (χ2n) is 9.85. The fraction of sp³-hybridized carbons (Fsp3) is 0.273. The zero-order valence-corrected chi connectivity index (χ0v) is 21.6. The first-order valence-electron chi connectivity index (χ1n) is 13.1. The Kier molecular flexibility index (Phi) is 7.36. The largest absolute Gasteiger partial charge is 0.466 e. The van der Waals surface area contributed by atoms with Gasteiger partial charge in [-0.15, -0.1) is 0 Å². The Morgan fingerprint density at radius 2 is 1.59 bits per heavy atom. The van der Waals surface area contributed by atoms with Crippen molar-refractivity contribution < 1.29 is 14.1 Å². The molecule has 1 aliphatic rings. The lowest BCUT2D eigenvalue weighted by atomic mass is 9.90. The van der Waals surface area contributed by atoms with Crippen LogP contribution in [0, 0.1) is 6.92 Å². The van der Waals surface area contributed by atoms with Gasteiger partial charge in [0.15, 0.2) is 5.76 Å². The van der Waals surface area contributed by atoms with E-state index < -0.39 is 0 Å². The van der Waals surface area contributed by atoms with Crippen LogP contribution in [0.1, 0.15) is 55.0 Å². The summed E-state index contributed by atoms with van der Waals surface area (Å²) in [5.41, 5.74) is 7.74. The lowest BCUT2D eigenvalue weighted by Crippen LogP contribution is -2.15. The van der Waals surface area contributed by atoms with Crippen molar-refractivity contribution in [2.24, 2.45) is 0 Å². The molecule has 4 aromatic rings. The lowest BCUT2D eigenvalue weighted by Gasteiger charge is -2.15. The molecule has 1 saturated carbocycles. The van der Waals surface area contributed by atoms with Gasteiger partial charge in [-0.25, -0.2) is 0 Å². The summed E-state index contributed by atoms with van der Waals surface area (Å²) in [7, 11) is 0. The van der Waals surface area contributed by atoms with Gasteiger partial charge in [0.1, 0.15) is 0 Å². The molecule has 1 heterocycles. The SMILES string of the molecule is CCOC(=O)CC1(c2ccc(-c3ccc(-c4onc(C)c4/C=C/CCc4ccccc4)cc3)cc2)CC1. The summed E-state index contributed by atoms with van der Waals surface area (Å²) in [6.45, 7) is 4.27. The van der Waals surface area contributed by atoms with Gasteiger partial charge in [0.25, 0.3) is 0 Å². The molecule has 4 heteroatoms. The number of ether oxygens (including phenoxy) is 1. The predicted molar refractivity (Wildman–Crippen MR) is 148 cm³/mol. The highest BCUT2D eigenvalue weighted by atomic mass is 16.5. The number of allylic oxidation sites excluding steroid dienone is 1. The standard InChI is InChI=1S/C33H33NO3/c1-3-36-31(35)23-33(21-22-33)29-19-17-27(18-20-29)26-13-15-28(16-14-26)32-30(24(2)34-37-32)12-8-7-11-25-9-5-4-6-10-25/h4-6,8-10,12-20H,3,7,11,21-23H2,1-2H3/b12-8+. The van der Waals surface area contributed by atoms with Crippen LogP contribution in [0.2, 0.25) is 0 Å². The van der Waals surface area contributed by atoms with Gasteiger partial charge in [-0.05, 0) is 61.8 Å². The van der Waals surface area contributed by atoms with Crippen LogP contribution in [0.5, 0.6) is 0 Å². The monoisotopic (exact) mass is 491 g/mol. The van der Waals surface area contributed by atoms with Gasteiger partial charge >= 0.3 is 5.97 Å². The fourth-order valence-corrected chi connectivity index (χ4v) is 4.91. The number of nitrogens with zero attached hydrogens (tertiary/aromatic N) is 1. The van der Waals surface area contributed by atoms with Gasteiger partial charge in [0.05, 0.1) is 18.7 Å². The van der Waals surface area contributed by atoms with E-state index in [0.717, 1.165) is 59.4 Å². The molecule has 37 heavy (non-hydrogen) atoms. The third-order valence-corrected chi connectivity index (χ3v) is 7.25. The topological polar surface area (TPSA) is 52.3 Å². The van der Waals surface area contributed by atoms with Crippen molar-refractivity contribution in [2.75, 3.05) is 6.61 Å². The quantitative estimate of drug-likeness (QED) is 0.211. The van der Waals surface area contributed by atoms with E-state index >= 15 is 0 Å². The van der Waals surface area contributed by atoms with E-state index in [0.29, 0.717) is 13.0 Å². The van der Waals surface area contributed by atoms with Gasteiger partial charge in [-0.2, -0.15) is 0 Å². The predicted octanol–water partition coefficient (Wildman–Crippen LogP) is 7.95. The fourth-order valence-electron chi connectivity index (χ4n) is 4.91. The lowest BCUT2D eigenvalue weighted by molar-refractivity contribution is -0.143. The van der Waals surface area contributed by atoms with Crippen LogP contribution < -0.4 is 0 Å². The summed E-state index contributed by atoms with van der Waals surface area (Å²) in [5, 5.41) is 4.22. The Hall–Kier alpha value is -3.92. The van der Waals surface area contributed by atoms with Gasteiger partial charge in [0.2, 0.25) is 0 Å². The van der Waals surface area contributed by atoms with Gasteiger partial charge in [-0.3, -0.25) is 4.79 Å². The highest BCUT2D eigenvalue weighted by Gasteiger charge is 2.46. The van der Waals surface area contributed by atoms with E-state index in [2.05, 4.69) is 90.1 Å². The summed E-state index contributed by atoms with van der Waals surface area (Å²) in [6.07, 6.45) is 8.84. The maximum atomic E-state index is 12.0. The molecule has 188 valence electrons. The molecular weight excluding hydrogens is 458 g/mol. The molecule has 0 saturated heterocycles. The highest BCUT2D eigenvalue weighted by Crippen LogP contribution is 2.51. The van der Waals surface area contributed by atoms with E-state index in [-0.39, 0.29) is 11.4 Å². The number of aromatic nitrogens is 1. The molecule has 0 aliphatic heterocycles. The van der Waals surface area contributed by atoms with E-state index in [4.69, 9.17) is 9.26 Å². The first-order valence-corrected chi connectivity index (χ1v) is 13.1. The summed E-state index contributed by atoms with van der Waals surface area (Å²) < 4.78 is 10.9. The van der Waals surface area contributed by atoms with Gasteiger partial charge in [0, 0.05) is 16.5 Å². The van der Waals surface area contributed by atoms with Crippen LogP contribution >= 0.6 is 0 Å². The van der Waals surface area contributed by atoms with Crippen molar-refractivity contribution in [3.05, 3.63) is 107 Å². The van der Waals surface area contributed by atoms with E-state index in [9.17, 15) is 4.79 Å². The molecule has 3 aromatic carbocycles. The zero-order valence-electron chi connectivity index (χ0n) is 21.6. The van der Waals surface area contributed by atoms with E-state index in [1.807, 2.05) is 19.9 Å². The van der Waals surface area contributed by atoms with Crippen LogP contribution in [0.25, 0.3) is 28.5 Å². The highest BCUT2D eigenvalue weighted by molar-refractivity contribution is 5.75. The number of hydrogen-bond donors (Lipinski definition) is 0. The van der Waals surface area contributed by atoms with Crippen LogP contribution in [0.4, 0.5) is 0 Å². The van der Waals surface area contributed by atoms with Crippen LogP contribution in [-0.2, 0) is 21.4 Å². The van der Waals surface area contributed by atoms with Crippen molar-refractivity contribution in [3.63, 3.8) is 0 Å². The van der Waals surface area contributed by atoms with Crippen LogP contribution in [0.15, 0.2) is 89.5 Å². The van der Waals surface area contributed by atoms with Crippen molar-refractivity contribution in [1.29, 1.82) is 0 Å². The maximum absolute atomic E-state index is 12.0. The van der Waals surface area contributed by atoms with Crippen LogP contribution in [0.3, 0.4) is 0 Å². The molecule has 0 unspecified atom stereocenters. The molecule has 1 aliphatic carbocycles. The molecule has 0 N–H and O–H groups in total. The molecule has 0 bridgehead atoms. The third-order valence-electron chi connectivity index (χ3n) is 7.25. The summed E-state index contributed by atoms with van der Waals surface area (Å²) in [5.74, 6) is 0.692. The number of carbonyl (C=O) groups is 1.